The minimum Gasteiger partial charge on any atom is -0.492 e. The average molecular weight is 165 g/mol. The standard InChI is InChI=1S/C6H7N5O/c7-6-10-4-3(5(12)11-6)8-1-2-9-4/h1H,2H2,(H4,7,9,10,11,12). The highest BCUT2D eigenvalue weighted by Crippen LogP contribution is 2.32. The third-order valence-electron chi connectivity index (χ3n) is 1.46. The maximum absolute atomic E-state index is 9.25. The molecule has 0 aromatic carbocycles. The van der Waals surface area contributed by atoms with Crippen molar-refractivity contribution in [1.82, 2.24) is 9.97 Å². The lowest BCUT2D eigenvalue weighted by Crippen LogP contribution is -2.10. The number of nitrogen functional groups attached to an aromatic ring is 1. The fourth-order valence-electron chi connectivity index (χ4n) is 0.981. The fraction of sp³-hybridized carbons (Fsp3) is 0.167. The molecule has 0 saturated heterocycles. The molecule has 6 nitrogen and oxygen atoms in total. The number of hydrogen-bond acceptors (Lipinski definition) is 6. The largest absolute Gasteiger partial charge is 0.492 e. The van der Waals surface area contributed by atoms with Gasteiger partial charge in [0.15, 0.2) is 11.5 Å². The molecule has 6 heteroatoms. The number of nitrogens with two attached hydrogens (primary N) is 1. The number of nitrogens with zero attached hydrogens (tertiary/aromatic N) is 3. The molecule has 0 fully saturated rings. The van der Waals surface area contributed by atoms with Gasteiger partial charge >= 0.3 is 0 Å². The van der Waals surface area contributed by atoms with Crippen molar-refractivity contribution in [2.24, 2.45) is 4.99 Å². The van der Waals surface area contributed by atoms with Gasteiger partial charge in [-0.25, -0.2) is 4.99 Å². The van der Waals surface area contributed by atoms with Crippen molar-refractivity contribution in [2.45, 2.75) is 0 Å². The van der Waals surface area contributed by atoms with Gasteiger partial charge in [-0.15, -0.1) is 0 Å². The van der Waals surface area contributed by atoms with Gasteiger partial charge in [-0.05, 0) is 0 Å². The van der Waals surface area contributed by atoms with Gasteiger partial charge in [0.1, 0.15) is 0 Å². The smallest absolute Gasteiger partial charge is 0.244 e. The summed E-state index contributed by atoms with van der Waals surface area (Å²) in [6.45, 7) is 0.586. The zero-order valence-electron chi connectivity index (χ0n) is 6.15. The Morgan fingerprint density at radius 1 is 1.50 bits per heavy atom. The molecule has 1 aromatic rings. The highest BCUT2D eigenvalue weighted by Gasteiger charge is 2.13. The van der Waals surface area contributed by atoms with Crippen LogP contribution in [0.3, 0.4) is 0 Å². The van der Waals surface area contributed by atoms with E-state index in [1.807, 2.05) is 0 Å². The molecule has 0 unspecified atom stereocenters. The second-order valence-electron chi connectivity index (χ2n) is 2.30. The van der Waals surface area contributed by atoms with Crippen molar-refractivity contribution in [3.05, 3.63) is 0 Å². The molecule has 2 heterocycles. The van der Waals surface area contributed by atoms with Crippen LogP contribution >= 0.6 is 0 Å². The third-order valence-corrected chi connectivity index (χ3v) is 1.46. The van der Waals surface area contributed by atoms with Crippen LogP contribution in [0.1, 0.15) is 0 Å². The number of nitrogens with one attached hydrogen (secondary N) is 1. The van der Waals surface area contributed by atoms with Crippen LogP contribution in [0.5, 0.6) is 5.88 Å². The monoisotopic (exact) mass is 165 g/mol. The second kappa shape index (κ2) is 2.33. The van der Waals surface area contributed by atoms with Crippen LogP contribution < -0.4 is 11.1 Å². The molecule has 0 radical (unpaired) electrons. The molecule has 0 spiro atoms. The van der Waals surface area contributed by atoms with Crippen molar-refractivity contribution in [3.8, 4) is 5.88 Å². The summed E-state index contributed by atoms with van der Waals surface area (Å²) in [5.74, 6) is 0.319. The van der Waals surface area contributed by atoms with Crippen molar-refractivity contribution in [3.63, 3.8) is 0 Å². The first-order valence-corrected chi connectivity index (χ1v) is 3.40. The van der Waals surface area contributed by atoms with Crippen LogP contribution in [-0.4, -0.2) is 27.8 Å². The van der Waals surface area contributed by atoms with Gasteiger partial charge in [0, 0.05) is 6.21 Å². The van der Waals surface area contributed by atoms with E-state index in [1.165, 1.54) is 0 Å². The van der Waals surface area contributed by atoms with Gasteiger partial charge in [-0.2, -0.15) is 9.97 Å². The molecule has 12 heavy (non-hydrogen) atoms. The third kappa shape index (κ3) is 0.931. The minimum atomic E-state index is -0.194. The van der Waals surface area contributed by atoms with Gasteiger partial charge < -0.3 is 16.2 Å². The van der Waals surface area contributed by atoms with Gasteiger partial charge in [-0.1, -0.05) is 0 Å². The van der Waals surface area contributed by atoms with Gasteiger partial charge in [0.2, 0.25) is 11.8 Å². The predicted molar refractivity (Wildman–Crippen MR) is 44.8 cm³/mol. The van der Waals surface area contributed by atoms with E-state index in [0.29, 0.717) is 18.1 Å². The minimum absolute atomic E-state index is 0.0378. The quantitative estimate of drug-likeness (QED) is 0.498. The number of aliphatic imine (C=N–C) groups is 1. The first-order valence-electron chi connectivity index (χ1n) is 3.40. The molecule has 0 aliphatic carbocycles. The molecule has 4 N–H and O–H groups in total. The summed E-state index contributed by atoms with van der Waals surface area (Å²) < 4.78 is 0. The van der Waals surface area contributed by atoms with Gasteiger partial charge in [0.25, 0.3) is 0 Å². The Bertz CT molecular complexity index is 348. The summed E-state index contributed by atoms with van der Waals surface area (Å²) in [4.78, 5) is 11.3. The van der Waals surface area contributed by atoms with E-state index in [-0.39, 0.29) is 11.8 Å². The van der Waals surface area contributed by atoms with E-state index < -0.39 is 0 Å². The number of fused-ring (bicyclic) bond motifs is 1. The highest BCUT2D eigenvalue weighted by molar-refractivity contribution is 5.81. The maximum Gasteiger partial charge on any atom is 0.244 e. The zero-order valence-corrected chi connectivity index (χ0v) is 6.15. The highest BCUT2D eigenvalue weighted by atomic mass is 16.3. The Balaban J connectivity index is 2.62. The van der Waals surface area contributed by atoms with E-state index in [4.69, 9.17) is 5.73 Å². The molecular weight excluding hydrogens is 158 g/mol. The lowest BCUT2D eigenvalue weighted by molar-refractivity contribution is 0.455. The molecule has 0 atom stereocenters. The summed E-state index contributed by atoms with van der Waals surface area (Å²) >= 11 is 0. The van der Waals surface area contributed by atoms with Gasteiger partial charge in [-0.3, -0.25) is 0 Å². The number of rotatable bonds is 0. The molecule has 1 aliphatic heterocycles. The summed E-state index contributed by atoms with van der Waals surface area (Å²) in [6, 6.07) is 0. The zero-order chi connectivity index (χ0) is 8.55. The number of aromatic hydroxyl groups is 1. The molecule has 0 saturated carbocycles. The Hall–Kier alpha value is -1.85. The van der Waals surface area contributed by atoms with Crippen LogP contribution in [-0.2, 0) is 0 Å². The summed E-state index contributed by atoms with van der Waals surface area (Å²) in [5, 5.41) is 12.2. The first kappa shape index (κ1) is 6.84. The van der Waals surface area contributed by atoms with Crippen LogP contribution in [0.4, 0.5) is 17.5 Å². The number of hydrogen-bond donors (Lipinski definition) is 3. The van der Waals surface area contributed by atoms with E-state index in [0.717, 1.165) is 0 Å². The first-order chi connectivity index (χ1) is 5.77. The lowest BCUT2D eigenvalue weighted by Gasteiger charge is -2.11. The molecule has 1 aromatic heterocycles. The molecule has 62 valence electrons. The van der Waals surface area contributed by atoms with E-state index in [9.17, 15) is 5.11 Å². The average Bonchev–Trinajstić information content (AvgIpc) is 2.04. The van der Waals surface area contributed by atoms with E-state index >= 15 is 0 Å². The summed E-state index contributed by atoms with van der Waals surface area (Å²) in [6.07, 6.45) is 1.63. The maximum atomic E-state index is 9.25. The second-order valence-corrected chi connectivity index (χ2v) is 2.30. The predicted octanol–water partition coefficient (Wildman–Crippen LogP) is -0.108. The van der Waals surface area contributed by atoms with Gasteiger partial charge in [0.05, 0.1) is 6.54 Å². The Kier molecular flexibility index (Phi) is 1.33. The van der Waals surface area contributed by atoms with Crippen molar-refractivity contribution < 1.29 is 5.11 Å². The van der Waals surface area contributed by atoms with Crippen molar-refractivity contribution in [1.29, 1.82) is 0 Å². The Morgan fingerprint density at radius 2 is 2.33 bits per heavy atom. The molecule has 1 aliphatic rings. The molecule has 2 rings (SSSR count). The van der Waals surface area contributed by atoms with Crippen LogP contribution in [0.25, 0.3) is 0 Å². The van der Waals surface area contributed by atoms with Crippen LogP contribution in [0, 0.1) is 0 Å². The SMILES string of the molecule is Nc1nc(O)c2c(n1)NCC=N2. The fourth-order valence-corrected chi connectivity index (χ4v) is 0.981. The van der Waals surface area contributed by atoms with Crippen molar-refractivity contribution >= 4 is 23.7 Å². The topological polar surface area (TPSA) is 96.4 Å². The van der Waals surface area contributed by atoms with E-state index in [2.05, 4.69) is 20.3 Å². The molecular formula is C6H7N5O. The molecule has 0 bridgehead atoms. The Labute approximate surface area is 68.2 Å². The molecule has 0 amide bonds. The summed E-state index contributed by atoms with van der Waals surface area (Å²) in [7, 11) is 0. The van der Waals surface area contributed by atoms with Crippen molar-refractivity contribution in [2.75, 3.05) is 17.6 Å². The normalized spacial score (nSPS) is 13.7. The Morgan fingerprint density at radius 3 is 3.17 bits per heavy atom. The number of aromatic nitrogens is 2. The lowest BCUT2D eigenvalue weighted by atomic mass is 10.4. The summed E-state index contributed by atoms with van der Waals surface area (Å²) in [5.41, 5.74) is 5.65. The van der Waals surface area contributed by atoms with E-state index in [1.54, 1.807) is 6.21 Å². The van der Waals surface area contributed by atoms with Crippen LogP contribution in [0.2, 0.25) is 0 Å². The number of anilines is 2. The van der Waals surface area contributed by atoms with Crippen LogP contribution in [0.15, 0.2) is 4.99 Å².